The van der Waals surface area contributed by atoms with Crippen LogP contribution in [0.1, 0.15) is 54.2 Å². The summed E-state index contributed by atoms with van der Waals surface area (Å²) in [5.74, 6) is 1.03. The van der Waals surface area contributed by atoms with E-state index in [1.165, 1.54) is 16.6 Å². The second-order valence-electron chi connectivity index (χ2n) is 10.0. The average Bonchev–Trinajstić information content (AvgIpc) is 3.40. The third-order valence-electron chi connectivity index (χ3n) is 7.72. The normalized spacial score (nSPS) is 14.6. The van der Waals surface area contributed by atoms with Gasteiger partial charge in [-0.05, 0) is 68.1 Å². The third kappa shape index (κ3) is 5.91. The van der Waals surface area contributed by atoms with Crippen LogP contribution in [0.3, 0.4) is 0 Å². The molecule has 1 fully saturated rings. The van der Waals surface area contributed by atoms with Crippen LogP contribution in [0, 0.1) is 0 Å². The molecule has 1 aliphatic rings. The third-order valence-corrected chi connectivity index (χ3v) is 7.72. The first-order valence-corrected chi connectivity index (χ1v) is 13.9. The van der Waals surface area contributed by atoms with E-state index < -0.39 is 0 Å². The van der Waals surface area contributed by atoms with Crippen LogP contribution in [0.15, 0.2) is 79.1 Å². The van der Waals surface area contributed by atoms with E-state index in [4.69, 9.17) is 4.74 Å². The summed E-state index contributed by atoms with van der Waals surface area (Å²) in [6, 6.07) is 25.2. The number of nitrogens with zero attached hydrogens (tertiary/aromatic N) is 4. The lowest BCUT2D eigenvalue weighted by atomic mass is 10.0. The maximum absolute atomic E-state index is 12.6. The van der Waals surface area contributed by atoms with Crippen molar-refractivity contribution in [2.24, 2.45) is 0 Å². The Morgan fingerprint density at radius 1 is 0.947 bits per heavy atom. The van der Waals surface area contributed by atoms with E-state index in [0.29, 0.717) is 12.6 Å². The summed E-state index contributed by atoms with van der Waals surface area (Å²) in [6.07, 6.45) is 5.04. The van der Waals surface area contributed by atoms with Crippen LogP contribution in [0.5, 0.6) is 5.75 Å². The summed E-state index contributed by atoms with van der Waals surface area (Å²) >= 11 is 0. The summed E-state index contributed by atoms with van der Waals surface area (Å²) in [4.78, 5) is 21.5. The molecule has 38 heavy (non-hydrogen) atoms. The summed E-state index contributed by atoms with van der Waals surface area (Å²) in [5.41, 5.74) is 5.39. The summed E-state index contributed by atoms with van der Waals surface area (Å²) in [7, 11) is 0. The number of fused-ring (bicyclic) bond motifs is 1. The second-order valence-corrected chi connectivity index (χ2v) is 10.0. The number of hydrogen-bond acceptors (Lipinski definition) is 4. The molecule has 3 aromatic carbocycles. The number of amides is 1. The number of hydrogen-bond donors (Lipinski definition) is 0. The van der Waals surface area contributed by atoms with Crippen molar-refractivity contribution in [2.45, 2.75) is 39.2 Å². The van der Waals surface area contributed by atoms with Gasteiger partial charge in [-0.2, -0.15) is 0 Å². The Balaban J connectivity index is 1.12. The van der Waals surface area contributed by atoms with Crippen molar-refractivity contribution in [3.8, 4) is 5.75 Å². The number of likely N-dealkylation sites (tertiary alicyclic amines) is 1. The Hall–Kier alpha value is -3.64. The van der Waals surface area contributed by atoms with Gasteiger partial charge in [0.05, 0.1) is 17.4 Å². The molecular weight excluding hydrogens is 472 g/mol. The standard InChI is InChI=1S/C32H38N4O2/c1-3-35(4-2)32(37)26-15-13-25(14-16-26)23-27-9-5-8-12-31(27)38-22-21-34-19-17-28(18-20-34)36-24-33-29-10-6-7-11-30(29)36/h5-16,24,28H,3-4,17-23H2,1-2H3. The van der Waals surface area contributed by atoms with E-state index in [1.807, 2.05) is 49.3 Å². The monoisotopic (exact) mass is 510 g/mol. The van der Waals surface area contributed by atoms with Gasteiger partial charge in [0.1, 0.15) is 12.4 Å². The number of para-hydroxylation sites is 3. The van der Waals surface area contributed by atoms with Crippen LogP contribution in [0.2, 0.25) is 0 Å². The maximum Gasteiger partial charge on any atom is 0.253 e. The molecule has 1 aliphatic heterocycles. The van der Waals surface area contributed by atoms with Crippen molar-refractivity contribution >= 4 is 16.9 Å². The fourth-order valence-corrected chi connectivity index (χ4v) is 5.44. The fourth-order valence-electron chi connectivity index (χ4n) is 5.44. The van der Waals surface area contributed by atoms with Gasteiger partial charge in [0.2, 0.25) is 0 Å². The molecule has 1 saturated heterocycles. The highest BCUT2D eigenvalue weighted by Gasteiger charge is 2.21. The zero-order valence-corrected chi connectivity index (χ0v) is 22.6. The molecule has 4 aromatic rings. The molecule has 2 heterocycles. The van der Waals surface area contributed by atoms with E-state index in [2.05, 4.69) is 63.0 Å². The molecule has 0 unspecified atom stereocenters. The Morgan fingerprint density at radius 2 is 1.66 bits per heavy atom. The largest absolute Gasteiger partial charge is 0.492 e. The molecule has 198 valence electrons. The Labute approximate surface area is 225 Å². The van der Waals surface area contributed by atoms with Crippen molar-refractivity contribution in [1.82, 2.24) is 19.4 Å². The van der Waals surface area contributed by atoms with Crippen LogP contribution >= 0.6 is 0 Å². The summed E-state index contributed by atoms with van der Waals surface area (Å²) in [5, 5.41) is 0. The van der Waals surface area contributed by atoms with Crippen LogP contribution in [0.25, 0.3) is 11.0 Å². The minimum atomic E-state index is 0.0905. The molecule has 6 nitrogen and oxygen atoms in total. The van der Waals surface area contributed by atoms with Crippen molar-refractivity contribution in [1.29, 1.82) is 0 Å². The number of ether oxygens (including phenoxy) is 1. The molecule has 0 spiro atoms. The SMILES string of the molecule is CCN(CC)C(=O)c1ccc(Cc2ccccc2OCCN2CCC(n3cnc4ccccc43)CC2)cc1. The van der Waals surface area contributed by atoms with Crippen LogP contribution in [-0.4, -0.2) is 64.6 Å². The Morgan fingerprint density at radius 3 is 2.42 bits per heavy atom. The predicted molar refractivity (Wildman–Crippen MR) is 153 cm³/mol. The number of aromatic nitrogens is 2. The molecule has 5 rings (SSSR count). The molecule has 0 bridgehead atoms. The smallest absolute Gasteiger partial charge is 0.253 e. The van der Waals surface area contributed by atoms with E-state index in [1.54, 1.807) is 0 Å². The topological polar surface area (TPSA) is 50.6 Å². The van der Waals surface area contributed by atoms with Crippen LogP contribution < -0.4 is 4.74 Å². The molecule has 0 radical (unpaired) electrons. The summed E-state index contributed by atoms with van der Waals surface area (Å²) in [6.45, 7) is 9.21. The van der Waals surface area contributed by atoms with Crippen molar-refractivity contribution < 1.29 is 9.53 Å². The quantitative estimate of drug-likeness (QED) is 0.270. The van der Waals surface area contributed by atoms with Gasteiger partial charge >= 0.3 is 0 Å². The number of carbonyl (C=O) groups excluding carboxylic acids is 1. The van der Waals surface area contributed by atoms with Gasteiger partial charge in [0, 0.05) is 50.7 Å². The fraction of sp³-hybridized carbons (Fsp3) is 0.375. The number of rotatable bonds is 10. The Kier molecular flexibility index (Phi) is 8.39. The lowest BCUT2D eigenvalue weighted by molar-refractivity contribution is 0.0773. The van der Waals surface area contributed by atoms with Gasteiger partial charge in [-0.15, -0.1) is 0 Å². The van der Waals surface area contributed by atoms with Crippen molar-refractivity contribution in [2.75, 3.05) is 39.3 Å². The first kappa shape index (κ1) is 26.0. The maximum atomic E-state index is 12.6. The summed E-state index contributed by atoms with van der Waals surface area (Å²) < 4.78 is 8.63. The first-order valence-electron chi connectivity index (χ1n) is 13.9. The molecule has 6 heteroatoms. The van der Waals surface area contributed by atoms with Gasteiger partial charge in [0.25, 0.3) is 5.91 Å². The van der Waals surface area contributed by atoms with Gasteiger partial charge in [-0.1, -0.05) is 42.5 Å². The number of imidazole rings is 1. The molecule has 1 aromatic heterocycles. The lowest BCUT2D eigenvalue weighted by Crippen LogP contribution is -2.37. The van der Waals surface area contributed by atoms with Gasteiger partial charge < -0.3 is 14.2 Å². The molecule has 0 atom stereocenters. The molecule has 0 saturated carbocycles. The number of piperidine rings is 1. The minimum absolute atomic E-state index is 0.0905. The first-order chi connectivity index (χ1) is 18.7. The van der Waals surface area contributed by atoms with Gasteiger partial charge in [0.15, 0.2) is 0 Å². The highest BCUT2D eigenvalue weighted by Crippen LogP contribution is 2.27. The lowest BCUT2D eigenvalue weighted by Gasteiger charge is -2.32. The number of carbonyl (C=O) groups is 1. The minimum Gasteiger partial charge on any atom is -0.492 e. The highest BCUT2D eigenvalue weighted by atomic mass is 16.5. The van der Waals surface area contributed by atoms with Crippen LogP contribution in [-0.2, 0) is 6.42 Å². The molecular formula is C32H38N4O2. The molecule has 1 amide bonds. The van der Waals surface area contributed by atoms with E-state index in [-0.39, 0.29) is 5.91 Å². The highest BCUT2D eigenvalue weighted by molar-refractivity contribution is 5.94. The molecule has 0 N–H and O–H groups in total. The zero-order valence-electron chi connectivity index (χ0n) is 22.6. The zero-order chi connectivity index (χ0) is 26.3. The van der Waals surface area contributed by atoms with Gasteiger partial charge in [-0.25, -0.2) is 4.98 Å². The van der Waals surface area contributed by atoms with E-state index in [9.17, 15) is 4.79 Å². The predicted octanol–water partition coefficient (Wildman–Crippen LogP) is 5.83. The van der Waals surface area contributed by atoms with Crippen LogP contribution in [0.4, 0.5) is 0 Å². The second kappa shape index (κ2) is 12.3. The van der Waals surface area contributed by atoms with Crippen molar-refractivity contribution in [3.05, 3.63) is 95.8 Å². The molecule has 0 aliphatic carbocycles. The number of benzene rings is 3. The van der Waals surface area contributed by atoms with Gasteiger partial charge in [-0.3, -0.25) is 9.69 Å². The Bertz CT molecular complexity index is 1340. The van der Waals surface area contributed by atoms with Crippen molar-refractivity contribution in [3.63, 3.8) is 0 Å². The van der Waals surface area contributed by atoms with E-state index in [0.717, 1.165) is 68.8 Å². The average molecular weight is 511 g/mol. The van der Waals surface area contributed by atoms with E-state index >= 15 is 0 Å².